The number of benzene rings is 1. The normalized spacial score (nSPS) is 16.8. The van der Waals surface area contributed by atoms with Gasteiger partial charge in [-0.25, -0.2) is 0 Å². The van der Waals surface area contributed by atoms with Crippen molar-refractivity contribution in [3.05, 3.63) is 29.8 Å². The van der Waals surface area contributed by atoms with E-state index in [2.05, 4.69) is 41.1 Å². The first-order valence-corrected chi connectivity index (χ1v) is 5.88. The van der Waals surface area contributed by atoms with Gasteiger partial charge in [0.2, 0.25) is 0 Å². The first kappa shape index (κ1) is 11.1. The van der Waals surface area contributed by atoms with E-state index in [-0.39, 0.29) is 0 Å². The smallest absolute Gasteiger partial charge is 0.0895 e. The Kier molecular flexibility index (Phi) is 3.57. The quantitative estimate of drug-likeness (QED) is 0.838. The molecule has 0 saturated carbocycles. The standard InChI is InChI=1S/C13H19N3/c1-11(5-6-14)12-3-2-4-13(9-12)16-8-7-15-10-16/h2-4,9-11H,5-8,14H2,1H3. The fraction of sp³-hybridized carbons (Fsp3) is 0.462. The van der Waals surface area contributed by atoms with Gasteiger partial charge in [0.1, 0.15) is 0 Å². The minimum absolute atomic E-state index is 0.532. The van der Waals surface area contributed by atoms with Gasteiger partial charge >= 0.3 is 0 Å². The van der Waals surface area contributed by atoms with E-state index in [1.165, 1.54) is 11.3 Å². The monoisotopic (exact) mass is 217 g/mol. The molecule has 0 bridgehead atoms. The summed E-state index contributed by atoms with van der Waals surface area (Å²) in [5.41, 5.74) is 8.20. The van der Waals surface area contributed by atoms with Crippen molar-refractivity contribution in [2.75, 3.05) is 24.5 Å². The lowest BCUT2D eigenvalue weighted by atomic mass is 9.97. The highest BCUT2D eigenvalue weighted by molar-refractivity contribution is 5.81. The zero-order valence-corrected chi connectivity index (χ0v) is 9.76. The minimum atomic E-state index is 0.532. The molecular weight excluding hydrogens is 198 g/mol. The molecule has 1 aliphatic heterocycles. The second-order valence-corrected chi connectivity index (χ2v) is 4.29. The first-order valence-electron chi connectivity index (χ1n) is 5.88. The van der Waals surface area contributed by atoms with Crippen molar-refractivity contribution in [2.24, 2.45) is 10.7 Å². The van der Waals surface area contributed by atoms with E-state index < -0.39 is 0 Å². The molecule has 0 fully saturated rings. The van der Waals surface area contributed by atoms with Crippen LogP contribution in [0, 0.1) is 0 Å². The zero-order chi connectivity index (χ0) is 11.4. The summed E-state index contributed by atoms with van der Waals surface area (Å²) in [7, 11) is 0. The van der Waals surface area contributed by atoms with Crippen LogP contribution >= 0.6 is 0 Å². The number of nitrogens with two attached hydrogens (primary N) is 1. The molecule has 1 aromatic rings. The van der Waals surface area contributed by atoms with Gasteiger partial charge in [0.05, 0.1) is 12.9 Å². The molecule has 0 aliphatic carbocycles. The summed E-state index contributed by atoms with van der Waals surface area (Å²) in [4.78, 5) is 6.43. The highest BCUT2D eigenvalue weighted by Gasteiger charge is 2.10. The Labute approximate surface area is 97.0 Å². The van der Waals surface area contributed by atoms with E-state index in [0.29, 0.717) is 5.92 Å². The van der Waals surface area contributed by atoms with Gasteiger partial charge in [-0.05, 0) is 36.6 Å². The maximum atomic E-state index is 5.60. The van der Waals surface area contributed by atoms with Crippen LogP contribution in [0.5, 0.6) is 0 Å². The molecule has 0 amide bonds. The van der Waals surface area contributed by atoms with E-state index in [1.807, 2.05) is 6.34 Å². The van der Waals surface area contributed by atoms with Gasteiger partial charge in [-0.3, -0.25) is 4.99 Å². The lowest BCUT2D eigenvalue weighted by molar-refractivity contribution is 0.690. The van der Waals surface area contributed by atoms with Gasteiger partial charge in [0.25, 0.3) is 0 Å². The number of hydrogen-bond donors (Lipinski definition) is 1. The molecule has 1 unspecified atom stereocenters. The molecule has 2 rings (SSSR count). The molecule has 3 nitrogen and oxygen atoms in total. The van der Waals surface area contributed by atoms with Crippen molar-refractivity contribution in [1.29, 1.82) is 0 Å². The van der Waals surface area contributed by atoms with Crippen molar-refractivity contribution in [3.8, 4) is 0 Å². The molecule has 1 atom stereocenters. The second kappa shape index (κ2) is 5.12. The summed E-state index contributed by atoms with van der Waals surface area (Å²) in [6.07, 6.45) is 2.96. The van der Waals surface area contributed by atoms with E-state index >= 15 is 0 Å². The maximum Gasteiger partial charge on any atom is 0.0895 e. The van der Waals surface area contributed by atoms with Crippen LogP contribution in [-0.2, 0) is 0 Å². The molecular formula is C13H19N3. The van der Waals surface area contributed by atoms with Crippen molar-refractivity contribution >= 4 is 12.0 Å². The number of nitrogens with zero attached hydrogens (tertiary/aromatic N) is 2. The summed E-state index contributed by atoms with van der Waals surface area (Å²) in [5, 5.41) is 0. The zero-order valence-electron chi connectivity index (χ0n) is 9.76. The van der Waals surface area contributed by atoms with Crippen LogP contribution in [0.4, 0.5) is 5.69 Å². The Morgan fingerprint density at radius 3 is 3.06 bits per heavy atom. The van der Waals surface area contributed by atoms with Gasteiger partial charge in [-0.1, -0.05) is 19.1 Å². The Morgan fingerprint density at radius 2 is 2.38 bits per heavy atom. The van der Waals surface area contributed by atoms with E-state index in [9.17, 15) is 0 Å². The summed E-state index contributed by atoms with van der Waals surface area (Å²) in [5.74, 6) is 0.532. The summed E-state index contributed by atoms with van der Waals surface area (Å²) in [6, 6.07) is 8.68. The van der Waals surface area contributed by atoms with Gasteiger partial charge in [-0.2, -0.15) is 0 Å². The average Bonchev–Trinajstić information content (AvgIpc) is 2.83. The third-order valence-electron chi connectivity index (χ3n) is 3.06. The van der Waals surface area contributed by atoms with Crippen LogP contribution in [-0.4, -0.2) is 26.0 Å². The topological polar surface area (TPSA) is 41.6 Å². The van der Waals surface area contributed by atoms with Crippen LogP contribution in [0.15, 0.2) is 29.3 Å². The SMILES string of the molecule is CC(CCN)c1cccc(N2C=NCC2)c1. The minimum Gasteiger partial charge on any atom is -0.331 e. The van der Waals surface area contributed by atoms with Gasteiger partial charge in [-0.15, -0.1) is 0 Å². The molecule has 0 spiro atoms. The molecule has 0 aromatic heterocycles. The molecule has 1 aromatic carbocycles. The summed E-state index contributed by atoms with van der Waals surface area (Å²) < 4.78 is 0. The molecule has 0 radical (unpaired) electrons. The van der Waals surface area contributed by atoms with Crippen molar-refractivity contribution in [2.45, 2.75) is 19.3 Å². The van der Waals surface area contributed by atoms with E-state index in [0.717, 1.165) is 26.1 Å². The van der Waals surface area contributed by atoms with Crippen LogP contribution in [0.2, 0.25) is 0 Å². The fourth-order valence-electron chi connectivity index (χ4n) is 2.00. The molecule has 0 saturated heterocycles. The summed E-state index contributed by atoms with van der Waals surface area (Å²) in [6.45, 7) is 4.87. The second-order valence-electron chi connectivity index (χ2n) is 4.29. The van der Waals surface area contributed by atoms with Crippen LogP contribution in [0.25, 0.3) is 0 Å². The van der Waals surface area contributed by atoms with E-state index in [4.69, 9.17) is 5.73 Å². The average molecular weight is 217 g/mol. The molecule has 1 heterocycles. The molecule has 86 valence electrons. The van der Waals surface area contributed by atoms with Crippen molar-refractivity contribution in [3.63, 3.8) is 0 Å². The number of anilines is 1. The predicted octanol–water partition coefficient (Wildman–Crippen LogP) is 1.99. The lowest BCUT2D eigenvalue weighted by Gasteiger charge is -2.17. The van der Waals surface area contributed by atoms with Crippen LogP contribution in [0.1, 0.15) is 24.8 Å². The Morgan fingerprint density at radius 1 is 1.50 bits per heavy atom. The molecule has 1 aliphatic rings. The van der Waals surface area contributed by atoms with Crippen LogP contribution < -0.4 is 10.6 Å². The van der Waals surface area contributed by atoms with Crippen LogP contribution in [0.3, 0.4) is 0 Å². The number of aliphatic imine (C=N–C) groups is 1. The fourth-order valence-corrected chi connectivity index (χ4v) is 2.00. The lowest BCUT2D eigenvalue weighted by Crippen LogP contribution is -2.18. The largest absolute Gasteiger partial charge is 0.331 e. The number of hydrogen-bond acceptors (Lipinski definition) is 3. The van der Waals surface area contributed by atoms with Gasteiger partial charge in [0.15, 0.2) is 0 Å². The first-order chi connectivity index (χ1) is 7.81. The molecule has 2 N–H and O–H groups in total. The number of rotatable bonds is 4. The maximum absolute atomic E-state index is 5.60. The molecule has 16 heavy (non-hydrogen) atoms. The van der Waals surface area contributed by atoms with E-state index in [1.54, 1.807) is 0 Å². The Balaban J connectivity index is 2.15. The highest BCUT2D eigenvalue weighted by Crippen LogP contribution is 2.23. The van der Waals surface area contributed by atoms with Crippen molar-refractivity contribution in [1.82, 2.24) is 0 Å². The summed E-state index contributed by atoms with van der Waals surface area (Å²) >= 11 is 0. The third-order valence-corrected chi connectivity index (χ3v) is 3.06. The van der Waals surface area contributed by atoms with Gasteiger partial charge in [0, 0.05) is 12.2 Å². The Hall–Kier alpha value is -1.35. The highest BCUT2D eigenvalue weighted by atomic mass is 15.2. The Bertz CT molecular complexity index is 373. The molecule has 3 heteroatoms. The third kappa shape index (κ3) is 2.42. The van der Waals surface area contributed by atoms with Gasteiger partial charge < -0.3 is 10.6 Å². The predicted molar refractivity (Wildman–Crippen MR) is 69.2 cm³/mol. The van der Waals surface area contributed by atoms with Crippen molar-refractivity contribution < 1.29 is 0 Å².